The van der Waals surface area contributed by atoms with E-state index < -0.39 is 7.82 Å². The fourth-order valence-electron chi connectivity index (χ4n) is 4.79. The molecule has 0 aromatic heterocycles. The van der Waals surface area contributed by atoms with E-state index >= 15 is 0 Å². The van der Waals surface area contributed by atoms with Gasteiger partial charge in [-0.15, -0.1) is 0 Å². The van der Waals surface area contributed by atoms with E-state index in [-0.39, 0.29) is 29.3 Å². The average Bonchev–Trinajstić information content (AvgIpc) is 2.82. The van der Waals surface area contributed by atoms with Crippen LogP contribution in [0.1, 0.15) is 83.3 Å². The fraction of sp³-hybridized carbons (Fsp3) is 0.536. The summed E-state index contributed by atoms with van der Waals surface area (Å²) in [5.74, 6) is 0.240. The van der Waals surface area contributed by atoms with Crippen molar-refractivity contribution in [2.75, 3.05) is 6.61 Å². The van der Waals surface area contributed by atoms with Crippen LogP contribution in [-0.2, 0) is 23.8 Å². The molecule has 186 valence electrons. The third-order valence-electron chi connectivity index (χ3n) is 6.86. The normalized spacial score (nSPS) is 18.4. The number of ketones is 1. The molecule has 1 fully saturated rings. The number of Topliss-reactive ketones (excluding diaryl/α,β-unsaturated/α-hetero) is 1. The lowest BCUT2D eigenvalue weighted by molar-refractivity contribution is -0.126. The lowest BCUT2D eigenvalue weighted by Crippen LogP contribution is -2.35. The van der Waals surface area contributed by atoms with Gasteiger partial charge in [0, 0.05) is 17.3 Å². The minimum absolute atomic E-state index is 0.118. The second-order valence-corrected chi connectivity index (χ2v) is 11.8. The first-order chi connectivity index (χ1) is 16.1. The maximum atomic E-state index is 12.5. The van der Waals surface area contributed by atoms with Gasteiger partial charge in [-0.3, -0.25) is 13.8 Å². The van der Waals surface area contributed by atoms with Gasteiger partial charge in [-0.25, -0.2) is 4.57 Å². The Labute approximate surface area is 204 Å². The molecule has 5 nitrogen and oxygen atoms in total. The minimum Gasteiger partial charge on any atom is -0.302 e. The summed E-state index contributed by atoms with van der Waals surface area (Å²) in [5, 5.41) is 0. The van der Waals surface area contributed by atoms with Crippen molar-refractivity contribution < 1.29 is 23.3 Å². The van der Waals surface area contributed by atoms with E-state index in [1.165, 1.54) is 11.1 Å². The van der Waals surface area contributed by atoms with Gasteiger partial charge in [0.25, 0.3) is 0 Å². The van der Waals surface area contributed by atoms with Crippen LogP contribution < -0.4 is 0 Å². The SMILES string of the molecule is CC(C)(C)C(=O)CCCCCOP(=O)(O)OC1CCC(c2ccccc2)(c2ccccc2)CC1. The zero-order chi connectivity index (χ0) is 24.7. The Morgan fingerprint density at radius 1 is 0.941 bits per heavy atom. The second kappa shape index (κ2) is 11.8. The lowest BCUT2D eigenvalue weighted by atomic mass is 9.65. The Morgan fingerprint density at radius 2 is 1.47 bits per heavy atom. The Hall–Kier alpha value is -1.78. The van der Waals surface area contributed by atoms with Gasteiger partial charge in [0.15, 0.2) is 0 Å². The van der Waals surface area contributed by atoms with Crippen molar-refractivity contribution in [3.63, 3.8) is 0 Å². The summed E-state index contributed by atoms with van der Waals surface area (Å²) in [7, 11) is -4.11. The van der Waals surface area contributed by atoms with E-state index in [1.54, 1.807) is 0 Å². The highest BCUT2D eigenvalue weighted by molar-refractivity contribution is 7.47. The molecule has 1 saturated carbocycles. The molecule has 3 rings (SSSR count). The topological polar surface area (TPSA) is 72.8 Å². The summed E-state index contributed by atoms with van der Waals surface area (Å²) < 4.78 is 23.3. The van der Waals surface area contributed by atoms with Crippen LogP contribution in [0.5, 0.6) is 0 Å². The number of carbonyl (C=O) groups is 1. The maximum absolute atomic E-state index is 12.5. The number of unbranched alkanes of at least 4 members (excludes halogenated alkanes) is 2. The van der Waals surface area contributed by atoms with Crippen molar-refractivity contribution >= 4 is 13.6 Å². The minimum atomic E-state index is -4.11. The van der Waals surface area contributed by atoms with Crippen molar-refractivity contribution in [1.82, 2.24) is 0 Å². The largest absolute Gasteiger partial charge is 0.472 e. The molecule has 0 amide bonds. The number of rotatable bonds is 11. The van der Waals surface area contributed by atoms with Crippen molar-refractivity contribution in [1.29, 1.82) is 0 Å². The van der Waals surface area contributed by atoms with Crippen LogP contribution in [0.2, 0.25) is 0 Å². The van der Waals surface area contributed by atoms with Crippen LogP contribution in [0, 0.1) is 5.41 Å². The molecule has 34 heavy (non-hydrogen) atoms. The van der Waals surface area contributed by atoms with Gasteiger partial charge >= 0.3 is 7.82 Å². The first-order valence-corrected chi connectivity index (χ1v) is 13.9. The molecule has 1 N–H and O–H groups in total. The number of hydrogen-bond acceptors (Lipinski definition) is 4. The molecule has 1 atom stereocenters. The molecule has 6 heteroatoms. The van der Waals surface area contributed by atoms with Crippen molar-refractivity contribution in [3.05, 3.63) is 71.8 Å². The van der Waals surface area contributed by atoms with Gasteiger partial charge in [-0.2, -0.15) is 0 Å². The molecule has 2 aromatic rings. The van der Waals surface area contributed by atoms with Crippen molar-refractivity contribution in [3.8, 4) is 0 Å². The Kier molecular flexibility index (Phi) is 9.28. The highest BCUT2D eigenvalue weighted by Gasteiger charge is 2.40. The van der Waals surface area contributed by atoms with Crippen LogP contribution in [0.4, 0.5) is 0 Å². The zero-order valence-corrected chi connectivity index (χ0v) is 21.6. The molecule has 2 aromatic carbocycles. The fourth-order valence-corrected chi connectivity index (χ4v) is 5.79. The number of phosphoric acid groups is 1. The van der Waals surface area contributed by atoms with Gasteiger partial charge in [-0.1, -0.05) is 87.9 Å². The molecule has 0 aliphatic heterocycles. The Balaban J connectivity index is 1.48. The van der Waals surface area contributed by atoms with Gasteiger partial charge in [0.2, 0.25) is 0 Å². The van der Waals surface area contributed by atoms with Crippen LogP contribution in [0.15, 0.2) is 60.7 Å². The van der Waals surface area contributed by atoms with Crippen LogP contribution >= 0.6 is 7.82 Å². The molecular formula is C28H39O5P. The van der Waals surface area contributed by atoms with E-state index in [0.29, 0.717) is 25.7 Å². The molecule has 0 radical (unpaired) electrons. The molecule has 0 heterocycles. The molecular weight excluding hydrogens is 447 g/mol. The summed E-state index contributed by atoms with van der Waals surface area (Å²) in [6.07, 6.45) is 5.45. The van der Waals surface area contributed by atoms with E-state index in [9.17, 15) is 14.3 Å². The van der Waals surface area contributed by atoms with Crippen LogP contribution in [-0.4, -0.2) is 23.4 Å². The summed E-state index contributed by atoms with van der Waals surface area (Å²) in [5.41, 5.74) is 2.11. The predicted octanol–water partition coefficient (Wildman–Crippen LogP) is 7.22. The quantitative estimate of drug-likeness (QED) is 0.268. The van der Waals surface area contributed by atoms with Crippen molar-refractivity contribution in [2.45, 2.75) is 83.7 Å². The molecule has 1 aliphatic carbocycles. The smallest absolute Gasteiger partial charge is 0.302 e. The molecule has 0 bridgehead atoms. The molecule has 0 spiro atoms. The highest BCUT2D eigenvalue weighted by Crippen LogP contribution is 2.51. The third kappa shape index (κ3) is 7.36. The summed E-state index contributed by atoms with van der Waals surface area (Å²) in [6, 6.07) is 21.0. The number of carbonyl (C=O) groups excluding carboxylic acids is 1. The number of benzene rings is 2. The molecule has 0 saturated heterocycles. The second-order valence-electron chi connectivity index (χ2n) is 10.4. The van der Waals surface area contributed by atoms with Crippen LogP contribution in [0.25, 0.3) is 0 Å². The van der Waals surface area contributed by atoms with E-state index in [1.807, 2.05) is 32.9 Å². The average molecular weight is 487 g/mol. The summed E-state index contributed by atoms with van der Waals surface area (Å²) >= 11 is 0. The molecule has 1 aliphatic rings. The van der Waals surface area contributed by atoms with Gasteiger partial charge in [0.1, 0.15) is 5.78 Å². The van der Waals surface area contributed by atoms with E-state index in [0.717, 1.165) is 25.7 Å². The van der Waals surface area contributed by atoms with E-state index in [2.05, 4.69) is 48.5 Å². The molecule has 1 unspecified atom stereocenters. The first kappa shape index (κ1) is 26.8. The first-order valence-electron chi connectivity index (χ1n) is 12.4. The monoisotopic (exact) mass is 486 g/mol. The summed E-state index contributed by atoms with van der Waals surface area (Å²) in [4.78, 5) is 22.2. The highest BCUT2D eigenvalue weighted by atomic mass is 31.2. The third-order valence-corrected chi connectivity index (χ3v) is 7.93. The number of phosphoric ester groups is 1. The predicted molar refractivity (Wildman–Crippen MR) is 136 cm³/mol. The van der Waals surface area contributed by atoms with Crippen LogP contribution in [0.3, 0.4) is 0 Å². The van der Waals surface area contributed by atoms with E-state index in [4.69, 9.17) is 9.05 Å². The zero-order valence-electron chi connectivity index (χ0n) is 20.7. The number of hydrogen-bond donors (Lipinski definition) is 1. The maximum Gasteiger partial charge on any atom is 0.472 e. The summed E-state index contributed by atoms with van der Waals surface area (Å²) in [6.45, 7) is 5.93. The van der Waals surface area contributed by atoms with Gasteiger partial charge in [0.05, 0.1) is 12.7 Å². The lowest BCUT2D eigenvalue weighted by Gasteiger charge is -2.41. The van der Waals surface area contributed by atoms with Crippen molar-refractivity contribution in [2.24, 2.45) is 5.41 Å². The van der Waals surface area contributed by atoms with Gasteiger partial charge in [-0.05, 0) is 49.7 Å². The Bertz CT molecular complexity index is 902. The Morgan fingerprint density at radius 3 is 1.97 bits per heavy atom. The standard InChI is InChI=1S/C28H39O5P/c1-27(2,3)26(29)17-11-6-12-22-32-34(30,31)33-25-18-20-28(21-19-25,23-13-7-4-8-14-23)24-15-9-5-10-16-24/h4-5,7-10,13-16,25H,6,11-12,17-22H2,1-3H3,(H,30,31). The van der Waals surface area contributed by atoms with Gasteiger partial charge < -0.3 is 4.89 Å².